The average molecular weight is 277 g/mol. The first-order chi connectivity index (χ1) is 8.06. The third kappa shape index (κ3) is 4.58. The van der Waals surface area contributed by atoms with Gasteiger partial charge in [-0.2, -0.15) is 0 Å². The smallest absolute Gasteiger partial charge is 0.269 e. The van der Waals surface area contributed by atoms with E-state index in [1.165, 1.54) is 6.07 Å². The first kappa shape index (κ1) is 16.8. The lowest BCUT2D eigenvalue weighted by Crippen LogP contribution is -2.12. The molecule has 0 saturated heterocycles. The molecule has 1 aromatic rings. The van der Waals surface area contributed by atoms with Gasteiger partial charge in [0.05, 0.1) is 4.92 Å². The molecule has 1 rings (SSSR count). The SMILES string of the molecule is CCCCC[C@H](N)c1cc([N+](=O)[O-])ccc1F.Cl. The molecule has 1 aromatic carbocycles. The number of nitrogens with two attached hydrogens (primary N) is 1. The maximum Gasteiger partial charge on any atom is 0.269 e. The Kier molecular flexibility index (Phi) is 7.47. The summed E-state index contributed by atoms with van der Waals surface area (Å²) in [6.07, 6.45) is 3.64. The van der Waals surface area contributed by atoms with Crippen LogP contribution < -0.4 is 5.73 Å². The summed E-state index contributed by atoms with van der Waals surface area (Å²) in [5.74, 6) is -0.473. The van der Waals surface area contributed by atoms with Gasteiger partial charge in [0.1, 0.15) is 5.82 Å². The number of hydrogen-bond donors (Lipinski definition) is 1. The van der Waals surface area contributed by atoms with Gasteiger partial charge in [0.2, 0.25) is 0 Å². The highest BCUT2D eigenvalue weighted by molar-refractivity contribution is 5.85. The van der Waals surface area contributed by atoms with Crippen LogP contribution in [0.1, 0.15) is 44.2 Å². The van der Waals surface area contributed by atoms with Gasteiger partial charge < -0.3 is 5.73 Å². The van der Waals surface area contributed by atoms with Crippen molar-refractivity contribution >= 4 is 18.1 Å². The van der Waals surface area contributed by atoms with E-state index in [1.54, 1.807) is 0 Å². The van der Waals surface area contributed by atoms with Crippen LogP contribution in [0.4, 0.5) is 10.1 Å². The second-order valence-electron chi connectivity index (χ2n) is 4.07. The molecule has 2 N–H and O–H groups in total. The van der Waals surface area contributed by atoms with E-state index in [-0.39, 0.29) is 23.7 Å². The molecule has 0 amide bonds. The van der Waals surface area contributed by atoms with Gasteiger partial charge in [-0.3, -0.25) is 10.1 Å². The molecule has 0 aliphatic heterocycles. The third-order valence-corrected chi connectivity index (χ3v) is 2.71. The van der Waals surface area contributed by atoms with Crippen LogP contribution in [-0.2, 0) is 0 Å². The van der Waals surface area contributed by atoms with Crippen molar-refractivity contribution in [1.82, 2.24) is 0 Å². The molecular formula is C12H18ClFN2O2. The van der Waals surface area contributed by atoms with Gasteiger partial charge in [0, 0.05) is 23.7 Å². The normalized spacial score (nSPS) is 11.7. The van der Waals surface area contributed by atoms with Gasteiger partial charge in [-0.1, -0.05) is 26.2 Å². The number of nitrogens with zero attached hydrogens (tertiary/aromatic N) is 1. The molecule has 102 valence electrons. The Hall–Kier alpha value is -1.20. The fourth-order valence-electron chi connectivity index (χ4n) is 1.70. The van der Waals surface area contributed by atoms with Crippen LogP contribution in [0.15, 0.2) is 18.2 Å². The quantitative estimate of drug-likeness (QED) is 0.489. The van der Waals surface area contributed by atoms with Crippen molar-refractivity contribution in [1.29, 1.82) is 0 Å². The number of nitro benzene ring substituents is 1. The summed E-state index contributed by atoms with van der Waals surface area (Å²) in [5, 5.41) is 10.6. The minimum atomic E-state index is -0.540. The molecule has 0 aliphatic carbocycles. The van der Waals surface area contributed by atoms with E-state index in [2.05, 4.69) is 6.92 Å². The van der Waals surface area contributed by atoms with Crippen LogP contribution in [0.25, 0.3) is 0 Å². The molecular weight excluding hydrogens is 259 g/mol. The zero-order valence-electron chi connectivity index (χ0n) is 10.3. The van der Waals surface area contributed by atoms with Crippen LogP contribution in [0.5, 0.6) is 0 Å². The highest BCUT2D eigenvalue weighted by Gasteiger charge is 2.15. The summed E-state index contributed by atoms with van der Waals surface area (Å²) in [7, 11) is 0. The maximum atomic E-state index is 13.5. The highest BCUT2D eigenvalue weighted by atomic mass is 35.5. The van der Waals surface area contributed by atoms with E-state index in [9.17, 15) is 14.5 Å². The molecule has 0 aliphatic rings. The zero-order valence-corrected chi connectivity index (χ0v) is 11.1. The number of halogens is 2. The van der Waals surface area contributed by atoms with Crippen molar-refractivity contribution in [2.45, 2.75) is 38.6 Å². The number of rotatable bonds is 6. The number of hydrogen-bond acceptors (Lipinski definition) is 3. The van der Waals surface area contributed by atoms with E-state index in [1.807, 2.05) is 0 Å². The molecule has 0 heterocycles. The Morgan fingerprint density at radius 1 is 1.44 bits per heavy atom. The molecule has 0 unspecified atom stereocenters. The summed E-state index contributed by atoms with van der Waals surface area (Å²) < 4.78 is 13.5. The van der Waals surface area contributed by atoms with Gasteiger partial charge in [-0.15, -0.1) is 12.4 Å². The third-order valence-electron chi connectivity index (χ3n) is 2.71. The van der Waals surface area contributed by atoms with Crippen LogP contribution in [0.2, 0.25) is 0 Å². The summed E-state index contributed by atoms with van der Waals surface area (Å²) >= 11 is 0. The Morgan fingerprint density at radius 3 is 2.67 bits per heavy atom. The first-order valence-corrected chi connectivity index (χ1v) is 5.75. The van der Waals surface area contributed by atoms with E-state index < -0.39 is 16.8 Å². The maximum absolute atomic E-state index is 13.5. The van der Waals surface area contributed by atoms with Crippen LogP contribution in [0, 0.1) is 15.9 Å². The average Bonchev–Trinajstić information content (AvgIpc) is 2.29. The van der Waals surface area contributed by atoms with E-state index in [0.29, 0.717) is 6.42 Å². The van der Waals surface area contributed by atoms with Crippen LogP contribution in [-0.4, -0.2) is 4.92 Å². The number of benzene rings is 1. The summed E-state index contributed by atoms with van der Waals surface area (Å²) in [4.78, 5) is 10.0. The molecule has 0 radical (unpaired) electrons. The van der Waals surface area contributed by atoms with Gasteiger partial charge in [-0.25, -0.2) is 4.39 Å². The largest absolute Gasteiger partial charge is 0.324 e. The van der Waals surface area contributed by atoms with Gasteiger partial charge in [0.25, 0.3) is 5.69 Å². The molecule has 0 saturated carbocycles. The molecule has 0 spiro atoms. The Balaban J connectivity index is 0.00000289. The van der Waals surface area contributed by atoms with Crippen LogP contribution >= 0.6 is 12.4 Å². The monoisotopic (exact) mass is 276 g/mol. The fraction of sp³-hybridized carbons (Fsp3) is 0.500. The predicted molar refractivity (Wildman–Crippen MR) is 71.4 cm³/mol. The standard InChI is InChI=1S/C12H17FN2O2.ClH/c1-2-3-4-5-12(14)10-8-9(15(16)17)6-7-11(10)13;/h6-8,12H,2-5,14H2,1H3;1H/t12-;/m0./s1. The lowest BCUT2D eigenvalue weighted by Gasteiger charge is -2.12. The first-order valence-electron chi connectivity index (χ1n) is 5.75. The lowest BCUT2D eigenvalue weighted by molar-refractivity contribution is -0.385. The molecule has 0 aromatic heterocycles. The predicted octanol–water partition coefficient (Wildman–Crippen LogP) is 3.74. The molecule has 1 atom stereocenters. The molecule has 0 fully saturated rings. The Bertz CT molecular complexity index is 402. The summed E-state index contributed by atoms with van der Waals surface area (Å²) in [5.41, 5.74) is 5.96. The summed E-state index contributed by atoms with van der Waals surface area (Å²) in [6, 6.07) is 3.01. The zero-order chi connectivity index (χ0) is 12.8. The van der Waals surface area contributed by atoms with Crippen LogP contribution in [0.3, 0.4) is 0 Å². The fourth-order valence-corrected chi connectivity index (χ4v) is 1.70. The highest BCUT2D eigenvalue weighted by Crippen LogP contribution is 2.24. The lowest BCUT2D eigenvalue weighted by atomic mass is 10.0. The number of nitro groups is 1. The van der Waals surface area contributed by atoms with Crippen molar-refractivity contribution in [2.24, 2.45) is 5.73 Å². The van der Waals surface area contributed by atoms with E-state index in [0.717, 1.165) is 31.4 Å². The van der Waals surface area contributed by atoms with Gasteiger partial charge in [-0.05, 0) is 12.5 Å². The van der Waals surface area contributed by atoms with Gasteiger partial charge in [0.15, 0.2) is 0 Å². The van der Waals surface area contributed by atoms with E-state index >= 15 is 0 Å². The second-order valence-corrected chi connectivity index (χ2v) is 4.07. The minimum absolute atomic E-state index is 0. The Morgan fingerprint density at radius 2 is 2.11 bits per heavy atom. The van der Waals surface area contributed by atoms with E-state index in [4.69, 9.17) is 5.73 Å². The number of unbranched alkanes of at least 4 members (excludes halogenated alkanes) is 2. The van der Waals surface area contributed by atoms with Crippen molar-refractivity contribution in [3.8, 4) is 0 Å². The van der Waals surface area contributed by atoms with Gasteiger partial charge >= 0.3 is 0 Å². The topological polar surface area (TPSA) is 69.2 Å². The molecule has 18 heavy (non-hydrogen) atoms. The second kappa shape index (κ2) is 8.00. The van der Waals surface area contributed by atoms with Crippen molar-refractivity contribution in [2.75, 3.05) is 0 Å². The van der Waals surface area contributed by atoms with Crippen molar-refractivity contribution in [3.05, 3.63) is 39.7 Å². The molecule has 4 nitrogen and oxygen atoms in total. The minimum Gasteiger partial charge on any atom is -0.324 e. The summed E-state index contributed by atoms with van der Waals surface area (Å²) in [6.45, 7) is 2.07. The van der Waals surface area contributed by atoms with Crippen molar-refractivity contribution < 1.29 is 9.31 Å². The number of non-ortho nitro benzene ring substituents is 1. The Labute approximate surface area is 112 Å². The molecule has 0 bridgehead atoms. The van der Waals surface area contributed by atoms with Crippen molar-refractivity contribution in [3.63, 3.8) is 0 Å². The molecule has 6 heteroatoms.